The van der Waals surface area contributed by atoms with Crippen LogP contribution in [0.15, 0.2) is 54.6 Å². The first-order valence-electron chi connectivity index (χ1n) is 12.0. The van der Waals surface area contributed by atoms with Crippen molar-refractivity contribution >= 4 is 11.8 Å². The van der Waals surface area contributed by atoms with Gasteiger partial charge in [-0.25, -0.2) is 0 Å². The average Bonchev–Trinajstić information content (AvgIpc) is 2.88. The second kappa shape index (κ2) is 10.7. The number of nitrogens with zero attached hydrogens (tertiary/aromatic N) is 2. The summed E-state index contributed by atoms with van der Waals surface area (Å²) in [7, 11) is 1.60. The Kier molecular flexibility index (Phi) is 7.53. The van der Waals surface area contributed by atoms with Gasteiger partial charge >= 0.3 is 0 Å². The zero-order chi connectivity index (χ0) is 23.1. The molecule has 2 aromatic rings. The second-order valence-corrected chi connectivity index (χ2v) is 9.28. The molecule has 0 bridgehead atoms. The monoisotopic (exact) mass is 450 g/mol. The van der Waals surface area contributed by atoms with Crippen LogP contribution in [0.25, 0.3) is 0 Å². The SMILES string of the molecule is COc1cccc(C(=O)N2CCCC(COc3ccccc3)(CC(=O)N3CCCCC3)C2)c1. The number of para-hydroxylation sites is 1. The number of benzene rings is 2. The molecule has 2 aliphatic rings. The first-order valence-corrected chi connectivity index (χ1v) is 12.0. The summed E-state index contributed by atoms with van der Waals surface area (Å²) in [6, 6.07) is 17.0. The van der Waals surface area contributed by atoms with E-state index in [1.165, 1.54) is 6.42 Å². The van der Waals surface area contributed by atoms with Crippen molar-refractivity contribution in [2.45, 2.75) is 38.5 Å². The van der Waals surface area contributed by atoms with E-state index in [-0.39, 0.29) is 11.8 Å². The third kappa shape index (κ3) is 5.86. The number of amides is 2. The van der Waals surface area contributed by atoms with Crippen LogP contribution in [0, 0.1) is 5.41 Å². The fourth-order valence-corrected chi connectivity index (χ4v) is 4.96. The molecule has 2 saturated heterocycles. The minimum atomic E-state index is -0.406. The molecule has 0 saturated carbocycles. The van der Waals surface area contributed by atoms with Gasteiger partial charge in [-0.05, 0) is 62.4 Å². The van der Waals surface area contributed by atoms with E-state index >= 15 is 0 Å². The Morgan fingerprint density at radius 1 is 0.879 bits per heavy atom. The molecule has 2 aromatic carbocycles. The molecule has 6 nitrogen and oxygen atoms in total. The van der Waals surface area contributed by atoms with E-state index < -0.39 is 5.41 Å². The number of hydrogen-bond acceptors (Lipinski definition) is 4. The van der Waals surface area contributed by atoms with E-state index in [0.717, 1.165) is 44.5 Å². The number of hydrogen-bond donors (Lipinski definition) is 0. The lowest BCUT2D eigenvalue weighted by Gasteiger charge is -2.43. The van der Waals surface area contributed by atoms with Crippen molar-refractivity contribution in [1.29, 1.82) is 0 Å². The number of rotatable bonds is 7. The number of methoxy groups -OCH3 is 1. The predicted molar refractivity (Wildman–Crippen MR) is 128 cm³/mol. The third-order valence-corrected chi connectivity index (χ3v) is 6.79. The molecular weight excluding hydrogens is 416 g/mol. The summed E-state index contributed by atoms with van der Waals surface area (Å²) < 4.78 is 11.5. The minimum absolute atomic E-state index is 0.0249. The lowest BCUT2D eigenvalue weighted by Crippen LogP contribution is -2.51. The Labute approximate surface area is 196 Å². The van der Waals surface area contributed by atoms with Crippen LogP contribution in [-0.4, -0.2) is 61.5 Å². The largest absolute Gasteiger partial charge is 0.497 e. The van der Waals surface area contributed by atoms with Gasteiger partial charge in [0.2, 0.25) is 5.91 Å². The Balaban J connectivity index is 1.53. The first kappa shape index (κ1) is 23.1. The molecule has 2 heterocycles. The molecule has 2 aliphatic heterocycles. The van der Waals surface area contributed by atoms with E-state index in [0.29, 0.717) is 37.4 Å². The number of likely N-dealkylation sites (tertiary alicyclic amines) is 2. The van der Waals surface area contributed by atoms with Crippen molar-refractivity contribution < 1.29 is 19.1 Å². The van der Waals surface area contributed by atoms with E-state index in [9.17, 15) is 9.59 Å². The van der Waals surface area contributed by atoms with E-state index in [4.69, 9.17) is 9.47 Å². The van der Waals surface area contributed by atoms with E-state index in [1.54, 1.807) is 13.2 Å². The minimum Gasteiger partial charge on any atom is -0.497 e. The molecule has 0 aliphatic carbocycles. The summed E-state index contributed by atoms with van der Waals surface area (Å²) in [6.45, 7) is 3.27. The van der Waals surface area contributed by atoms with Crippen molar-refractivity contribution in [1.82, 2.24) is 9.80 Å². The number of piperidine rings is 2. The highest BCUT2D eigenvalue weighted by atomic mass is 16.5. The van der Waals surface area contributed by atoms with Crippen LogP contribution in [0.2, 0.25) is 0 Å². The quantitative estimate of drug-likeness (QED) is 0.627. The Hall–Kier alpha value is -3.02. The Bertz CT molecular complexity index is 942. The summed E-state index contributed by atoms with van der Waals surface area (Å²) >= 11 is 0. The number of carbonyl (C=O) groups excluding carboxylic acids is 2. The molecule has 0 aromatic heterocycles. The van der Waals surface area contributed by atoms with Crippen LogP contribution < -0.4 is 9.47 Å². The highest BCUT2D eigenvalue weighted by Crippen LogP contribution is 2.36. The van der Waals surface area contributed by atoms with Gasteiger partial charge in [0.25, 0.3) is 5.91 Å². The maximum absolute atomic E-state index is 13.4. The molecular formula is C27H34N2O4. The van der Waals surface area contributed by atoms with Gasteiger partial charge in [-0.3, -0.25) is 9.59 Å². The fraction of sp³-hybridized carbons (Fsp3) is 0.481. The van der Waals surface area contributed by atoms with Gasteiger partial charge in [0.1, 0.15) is 11.5 Å². The average molecular weight is 451 g/mol. The Morgan fingerprint density at radius 2 is 1.61 bits per heavy atom. The summed E-state index contributed by atoms with van der Waals surface area (Å²) in [5.41, 5.74) is 0.202. The summed E-state index contributed by atoms with van der Waals surface area (Å²) in [4.78, 5) is 30.5. The molecule has 2 amide bonds. The van der Waals surface area contributed by atoms with Crippen molar-refractivity contribution in [3.05, 3.63) is 60.2 Å². The van der Waals surface area contributed by atoms with Crippen LogP contribution in [0.3, 0.4) is 0 Å². The van der Waals surface area contributed by atoms with Crippen molar-refractivity contribution in [2.75, 3.05) is 39.9 Å². The van der Waals surface area contributed by atoms with Crippen molar-refractivity contribution in [2.24, 2.45) is 5.41 Å². The van der Waals surface area contributed by atoms with E-state index in [2.05, 4.69) is 0 Å². The first-order chi connectivity index (χ1) is 16.1. The molecule has 6 heteroatoms. The van der Waals surface area contributed by atoms with Gasteiger partial charge < -0.3 is 19.3 Å². The lowest BCUT2D eigenvalue weighted by molar-refractivity contribution is -0.136. The molecule has 0 N–H and O–H groups in total. The molecule has 4 rings (SSSR count). The molecule has 0 spiro atoms. The molecule has 1 unspecified atom stereocenters. The zero-order valence-electron chi connectivity index (χ0n) is 19.5. The summed E-state index contributed by atoms with van der Waals surface area (Å²) in [5.74, 6) is 1.61. The molecule has 33 heavy (non-hydrogen) atoms. The van der Waals surface area contributed by atoms with Crippen LogP contribution in [-0.2, 0) is 4.79 Å². The van der Waals surface area contributed by atoms with Crippen LogP contribution >= 0.6 is 0 Å². The summed E-state index contributed by atoms with van der Waals surface area (Å²) in [5, 5.41) is 0. The van der Waals surface area contributed by atoms with Crippen LogP contribution in [0.4, 0.5) is 0 Å². The third-order valence-electron chi connectivity index (χ3n) is 6.79. The normalized spacial score (nSPS) is 20.9. The summed E-state index contributed by atoms with van der Waals surface area (Å²) in [6.07, 6.45) is 5.44. The number of carbonyl (C=O) groups is 2. The van der Waals surface area contributed by atoms with Gasteiger partial charge in [0, 0.05) is 43.6 Å². The Morgan fingerprint density at radius 3 is 2.36 bits per heavy atom. The molecule has 176 valence electrons. The highest BCUT2D eigenvalue weighted by molar-refractivity contribution is 5.94. The number of ether oxygens (including phenoxy) is 2. The zero-order valence-corrected chi connectivity index (χ0v) is 19.5. The maximum Gasteiger partial charge on any atom is 0.254 e. The maximum atomic E-state index is 13.4. The van der Waals surface area contributed by atoms with Crippen molar-refractivity contribution in [3.63, 3.8) is 0 Å². The highest BCUT2D eigenvalue weighted by Gasteiger charge is 2.41. The standard InChI is InChI=1S/C27H34N2O4/c1-32-24-13-8-10-22(18-24)26(31)29-17-9-14-27(20-29,21-33-23-11-4-2-5-12-23)19-25(30)28-15-6-3-7-16-28/h2,4-5,8,10-13,18H,3,6-7,9,14-17,19-21H2,1H3. The van der Waals surface area contributed by atoms with Gasteiger partial charge in [-0.15, -0.1) is 0 Å². The predicted octanol–water partition coefficient (Wildman–Crippen LogP) is 4.40. The fourth-order valence-electron chi connectivity index (χ4n) is 4.96. The molecule has 2 fully saturated rings. The second-order valence-electron chi connectivity index (χ2n) is 9.28. The molecule has 1 atom stereocenters. The van der Waals surface area contributed by atoms with Gasteiger partial charge in [0.05, 0.1) is 13.7 Å². The molecule has 0 radical (unpaired) electrons. The van der Waals surface area contributed by atoms with E-state index in [1.807, 2.05) is 58.3 Å². The van der Waals surface area contributed by atoms with Crippen LogP contribution in [0.5, 0.6) is 11.5 Å². The topological polar surface area (TPSA) is 59.1 Å². The van der Waals surface area contributed by atoms with Gasteiger partial charge in [0.15, 0.2) is 0 Å². The van der Waals surface area contributed by atoms with Gasteiger partial charge in [-0.1, -0.05) is 24.3 Å². The smallest absolute Gasteiger partial charge is 0.254 e. The van der Waals surface area contributed by atoms with Crippen molar-refractivity contribution in [3.8, 4) is 11.5 Å². The van der Waals surface area contributed by atoms with Crippen LogP contribution in [0.1, 0.15) is 48.9 Å². The lowest BCUT2D eigenvalue weighted by atomic mass is 9.77. The van der Waals surface area contributed by atoms with Gasteiger partial charge in [-0.2, -0.15) is 0 Å².